The number of nitrogens with zero attached hydrogens (tertiary/aromatic N) is 2. The molecular formula is C16H18N4O3. The molecule has 1 aromatic heterocycles. The Balaban J connectivity index is 1.80. The van der Waals surface area contributed by atoms with Crippen LogP contribution in [0, 0.1) is 0 Å². The van der Waals surface area contributed by atoms with E-state index in [4.69, 9.17) is 4.74 Å². The Morgan fingerprint density at radius 1 is 1.48 bits per heavy atom. The Hall–Kier alpha value is -2.83. The summed E-state index contributed by atoms with van der Waals surface area (Å²) >= 11 is 0. The largest absolute Gasteiger partial charge is 0.482 e. The lowest BCUT2D eigenvalue weighted by Gasteiger charge is -2.18. The molecule has 0 saturated carbocycles. The van der Waals surface area contributed by atoms with Gasteiger partial charge in [-0.2, -0.15) is 5.10 Å². The van der Waals surface area contributed by atoms with E-state index in [2.05, 4.69) is 22.7 Å². The number of hydrogen-bond donors (Lipinski definition) is 2. The van der Waals surface area contributed by atoms with Gasteiger partial charge in [-0.15, -0.1) is 0 Å². The van der Waals surface area contributed by atoms with Crippen molar-refractivity contribution in [1.29, 1.82) is 0 Å². The van der Waals surface area contributed by atoms with Gasteiger partial charge in [0.05, 0.1) is 17.9 Å². The second kappa shape index (κ2) is 6.12. The zero-order chi connectivity index (χ0) is 16.4. The normalized spacial score (nSPS) is 14.4. The molecule has 120 valence electrons. The summed E-state index contributed by atoms with van der Waals surface area (Å²) in [5.41, 5.74) is 0.941. The summed E-state index contributed by atoms with van der Waals surface area (Å²) in [7, 11) is 0. The van der Waals surface area contributed by atoms with Crippen LogP contribution in [0.5, 0.6) is 5.75 Å². The van der Waals surface area contributed by atoms with E-state index >= 15 is 0 Å². The molecule has 0 fully saturated rings. The van der Waals surface area contributed by atoms with Crippen LogP contribution in [0.1, 0.15) is 36.7 Å². The summed E-state index contributed by atoms with van der Waals surface area (Å²) in [4.78, 5) is 23.8. The van der Waals surface area contributed by atoms with Crippen molar-refractivity contribution in [2.75, 3.05) is 17.2 Å². The molecule has 0 saturated heterocycles. The maximum Gasteiger partial charge on any atom is 0.262 e. The highest BCUT2D eigenvalue weighted by Crippen LogP contribution is 2.28. The second-order valence-electron chi connectivity index (χ2n) is 5.42. The van der Waals surface area contributed by atoms with Crippen molar-refractivity contribution in [1.82, 2.24) is 9.78 Å². The molecule has 2 aromatic rings. The van der Waals surface area contributed by atoms with E-state index < -0.39 is 0 Å². The number of fused-ring (bicyclic) bond motifs is 1. The Labute approximate surface area is 133 Å². The molecule has 23 heavy (non-hydrogen) atoms. The van der Waals surface area contributed by atoms with Gasteiger partial charge in [0.15, 0.2) is 6.61 Å². The van der Waals surface area contributed by atoms with Crippen molar-refractivity contribution in [3.8, 4) is 5.75 Å². The molecule has 7 nitrogen and oxygen atoms in total. The van der Waals surface area contributed by atoms with Gasteiger partial charge >= 0.3 is 0 Å². The minimum atomic E-state index is -0.266. The molecule has 0 radical (unpaired) electrons. The summed E-state index contributed by atoms with van der Waals surface area (Å²) in [6.07, 6.45) is 2.56. The van der Waals surface area contributed by atoms with Gasteiger partial charge in [0.2, 0.25) is 0 Å². The monoisotopic (exact) mass is 314 g/mol. The summed E-state index contributed by atoms with van der Waals surface area (Å²) < 4.78 is 7.06. The van der Waals surface area contributed by atoms with Gasteiger partial charge in [0.1, 0.15) is 11.6 Å². The number of ether oxygens (including phenoxy) is 1. The maximum atomic E-state index is 12.4. The van der Waals surface area contributed by atoms with Crippen molar-refractivity contribution < 1.29 is 14.3 Å². The number of anilines is 2. The molecule has 7 heteroatoms. The van der Waals surface area contributed by atoms with Gasteiger partial charge in [-0.05, 0) is 31.5 Å². The zero-order valence-corrected chi connectivity index (χ0v) is 13.0. The predicted molar refractivity (Wildman–Crippen MR) is 85.7 cm³/mol. The topological polar surface area (TPSA) is 85.3 Å². The van der Waals surface area contributed by atoms with Gasteiger partial charge in [-0.25, -0.2) is 4.68 Å². The number of carbonyl (C=O) groups is 2. The van der Waals surface area contributed by atoms with Crippen LogP contribution in [0.15, 0.2) is 30.5 Å². The fraction of sp³-hybridized carbons (Fsp3) is 0.312. The zero-order valence-electron chi connectivity index (χ0n) is 13.0. The average Bonchev–Trinajstić information content (AvgIpc) is 3.01. The first kappa shape index (κ1) is 15.1. The molecule has 1 aromatic carbocycles. The molecule has 0 aliphatic carbocycles. The summed E-state index contributed by atoms with van der Waals surface area (Å²) in [6.45, 7) is 4.09. The summed E-state index contributed by atoms with van der Waals surface area (Å²) in [5.74, 6) is 0.704. The molecule has 2 N–H and O–H groups in total. The summed E-state index contributed by atoms with van der Waals surface area (Å²) in [5, 5.41) is 9.78. The van der Waals surface area contributed by atoms with Gasteiger partial charge in [0, 0.05) is 11.6 Å². The molecular weight excluding hydrogens is 296 g/mol. The van der Waals surface area contributed by atoms with Gasteiger partial charge in [-0.1, -0.05) is 6.92 Å². The van der Waals surface area contributed by atoms with Crippen molar-refractivity contribution >= 4 is 23.3 Å². The van der Waals surface area contributed by atoms with Crippen molar-refractivity contribution in [2.45, 2.75) is 26.3 Å². The highest BCUT2D eigenvalue weighted by molar-refractivity contribution is 6.05. The van der Waals surface area contributed by atoms with Crippen LogP contribution in [-0.2, 0) is 4.79 Å². The first-order valence-electron chi connectivity index (χ1n) is 7.50. The van der Waals surface area contributed by atoms with Crippen molar-refractivity contribution in [2.24, 2.45) is 0 Å². The number of aromatic nitrogens is 2. The second-order valence-corrected chi connectivity index (χ2v) is 5.42. The van der Waals surface area contributed by atoms with Crippen molar-refractivity contribution in [3.63, 3.8) is 0 Å². The number of carbonyl (C=O) groups excluding carboxylic acids is 2. The number of hydrogen-bond acceptors (Lipinski definition) is 4. The predicted octanol–water partition coefficient (Wildman–Crippen LogP) is 2.44. The third-order valence-electron chi connectivity index (χ3n) is 3.79. The van der Waals surface area contributed by atoms with E-state index in [1.165, 1.54) is 0 Å². The molecule has 1 atom stereocenters. The third kappa shape index (κ3) is 3.03. The van der Waals surface area contributed by atoms with Gasteiger partial charge in [-0.3, -0.25) is 9.59 Å². The molecule has 1 aliphatic heterocycles. The fourth-order valence-electron chi connectivity index (χ4n) is 2.35. The van der Waals surface area contributed by atoms with Crippen LogP contribution < -0.4 is 15.4 Å². The number of amides is 2. The number of benzene rings is 1. The molecule has 0 spiro atoms. The molecule has 0 bridgehead atoms. The highest BCUT2D eigenvalue weighted by Gasteiger charge is 2.18. The van der Waals surface area contributed by atoms with E-state index in [9.17, 15) is 9.59 Å². The van der Waals surface area contributed by atoms with Crippen molar-refractivity contribution in [3.05, 3.63) is 36.0 Å². The van der Waals surface area contributed by atoms with Crippen LogP contribution >= 0.6 is 0 Å². The molecule has 1 aliphatic rings. The lowest BCUT2D eigenvalue weighted by atomic mass is 10.1. The first-order valence-corrected chi connectivity index (χ1v) is 7.50. The van der Waals surface area contributed by atoms with Gasteiger partial charge in [0.25, 0.3) is 11.8 Å². The minimum absolute atomic E-state index is 0.00731. The van der Waals surface area contributed by atoms with Crippen LogP contribution in [0.2, 0.25) is 0 Å². The first-order chi connectivity index (χ1) is 11.1. The van der Waals surface area contributed by atoms with Crippen LogP contribution in [0.3, 0.4) is 0 Å². The minimum Gasteiger partial charge on any atom is -0.482 e. The molecule has 3 rings (SSSR count). The van der Waals surface area contributed by atoms with E-state index in [0.717, 1.165) is 6.42 Å². The Morgan fingerprint density at radius 2 is 2.30 bits per heavy atom. The number of rotatable bonds is 4. The Morgan fingerprint density at radius 3 is 3.09 bits per heavy atom. The Bertz CT molecular complexity index is 754. The molecule has 1 unspecified atom stereocenters. The highest BCUT2D eigenvalue weighted by atomic mass is 16.5. The Kier molecular flexibility index (Phi) is 4.01. The standard InChI is InChI=1S/C16H18N4O3/c1-3-10(2)20-14(6-7-17-20)19-16(22)11-4-5-13-12(8-11)18-15(21)9-23-13/h4-8,10H,3,9H2,1-2H3,(H,18,21)(H,19,22). The van der Waals surface area contributed by atoms with Crippen LogP contribution in [0.4, 0.5) is 11.5 Å². The lowest BCUT2D eigenvalue weighted by Crippen LogP contribution is -2.26. The van der Waals surface area contributed by atoms with E-state index in [0.29, 0.717) is 22.8 Å². The quantitative estimate of drug-likeness (QED) is 0.907. The van der Waals surface area contributed by atoms with E-state index in [-0.39, 0.29) is 24.5 Å². The van der Waals surface area contributed by atoms with E-state index in [1.807, 2.05) is 6.92 Å². The third-order valence-corrected chi connectivity index (χ3v) is 3.79. The van der Waals surface area contributed by atoms with Gasteiger partial charge < -0.3 is 15.4 Å². The fourth-order valence-corrected chi connectivity index (χ4v) is 2.35. The maximum absolute atomic E-state index is 12.4. The number of nitrogens with one attached hydrogen (secondary N) is 2. The van der Waals surface area contributed by atoms with E-state index in [1.54, 1.807) is 35.1 Å². The summed E-state index contributed by atoms with van der Waals surface area (Å²) in [6, 6.07) is 6.89. The molecule has 2 amide bonds. The van der Waals surface area contributed by atoms with Crippen LogP contribution in [0.25, 0.3) is 0 Å². The van der Waals surface area contributed by atoms with Crippen LogP contribution in [-0.4, -0.2) is 28.2 Å². The average molecular weight is 314 g/mol. The lowest BCUT2D eigenvalue weighted by molar-refractivity contribution is -0.118. The smallest absolute Gasteiger partial charge is 0.262 e. The molecule has 2 heterocycles. The SMILES string of the molecule is CCC(C)n1nccc1NC(=O)c1ccc2c(c1)NC(=O)CO2.